The Balaban J connectivity index is 0.00000420. The molecule has 1 heterocycles. The van der Waals surface area contributed by atoms with Gasteiger partial charge in [-0.2, -0.15) is 13.2 Å². The lowest BCUT2D eigenvalue weighted by atomic mass is 9.90. The predicted octanol–water partition coefficient (Wildman–Crippen LogP) is 3.55. The summed E-state index contributed by atoms with van der Waals surface area (Å²) in [5, 5.41) is 3.14. The van der Waals surface area contributed by atoms with Gasteiger partial charge in [0.2, 0.25) is 5.91 Å². The number of hydrogen-bond acceptors (Lipinski definition) is 2. The number of aliphatic imine (C=N–C) groups is 1. The molecule has 1 N–H and O–H groups in total. The van der Waals surface area contributed by atoms with Crippen LogP contribution in [-0.2, 0) is 11.2 Å². The summed E-state index contributed by atoms with van der Waals surface area (Å²) in [5.41, 5.74) is 1.33. The number of alkyl halides is 3. The number of carbonyl (C=O) groups is 1. The molecule has 5 nitrogen and oxygen atoms in total. The summed E-state index contributed by atoms with van der Waals surface area (Å²) in [4.78, 5) is 19.0. The number of likely N-dealkylation sites (N-methyl/N-ethyl adjacent to an activating group) is 1. The lowest BCUT2D eigenvalue weighted by molar-refractivity contribution is -0.157. The smallest absolute Gasteiger partial charge is 0.357 e. The average molecular weight is 526 g/mol. The van der Waals surface area contributed by atoms with E-state index < -0.39 is 18.6 Å². The van der Waals surface area contributed by atoms with Gasteiger partial charge >= 0.3 is 6.18 Å². The van der Waals surface area contributed by atoms with Gasteiger partial charge in [0.05, 0.1) is 0 Å². The molecule has 1 amide bonds. The molecule has 164 valence electrons. The van der Waals surface area contributed by atoms with Crippen LogP contribution in [0.25, 0.3) is 0 Å². The van der Waals surface area contributed by atoms with Crippen molar-refractivity contribution in [1.82, 2.24) is 15.1 Å². The molecule has 0 radical (unpaired) electrons. The minimum atomic E-state index is -4.40. The maximum Gasteiger partial charge on any atom is 0.406 e. The van der Waals surface area contributed by atoms with Crippen LogP contribution in [0.2, 0.25) is 0 Å². The number of likely N-dealkylation sites (tertiary alicyclic amines) is 1. The predicted molar refractivity (Wildman–Crippen MR) is 120 cm³/mol. The van der Waals surface area contributed by atoms with E-state index in [0.717, 1.165) is 39.4 Å². The summed E-state index contributed by atoms with van der Waals surface area (Å²) in [7, 11) is 1.15. The third-order valence-corrected chi connectivity index (χ3v) is 4.82. The highest BCUT2D eigenvalue weighted by Crippen LogP contribution is 2.21. The lowest BCUT2D eigenvalue weighted by Crippen LogP contribution is -2.46. The molecule has 1 aromatic rings. The van der Waals surface area contributed by atoms with Crippen LogP contribution in [0.1, 0.15) is 25.3 Å². The van der Waals surface area contributed by atoms with Gasteiger partial charge in [0, 0.05) is 26.7 Å². The van der Waals surface area contributed by atoms with Gasteiger partial charge in [0.25, 0.3) is 0 Å². The minimum Gasteiger partial charge on any atom is -0.357 e. The van der Waals surface area contributed by atoms with Crippen LogP contribution in [0, 0.1) is 5.92 Å². The number of nitrogens with zero attached hydrogens (tertiary/aromatic N) is 3. The Hall–Kier alpha value is -1.52. The number of halogens is 4. The van der Waals surface area contributed by atoms with Crippen LogP contribution in [0.4, 0.5) is 13.2 Å². The highest BCUT2D eigenvalue weighted by Gasteiger charge is 2.31. The monoisotopic (exact) mass is 526 g/mol. The van der Waals surface area contributed by atoms with Crippen molar-refractivity contribution in [2.75, 3.05) is 39.8 Å². The fourth-order valence-corrected chi connectivity index (χ4v) is 3.34. The van der Waals surface area contributed by atoms with E-state index in [2.05, 4.69) is 27.3 Å². The molecular weight excluding hydrogens is 496 g/mol. The second-order valence-corrected chi connectivity index (χ2v) is 7.16. The summed E-state index contributed by atoms with van der Waals surface area (Å²) in [6.07, 6.45) is -1.33. The van der Waals surface area contributed by atoms with E-state index in [9.17, 15) is 18.0 Å². The number of carbonyl (C=O) groups excluding carboxylic acids is 1. The van der Waals surface area contributed by atoms with Crippen LogP contribution in [0.5, 0.6) is 0 Å². The highest BCUT2D eigenvalue weighted by atomic mass is 127. The number of amides is 1. The van der Waals surface area contributed by atoms with Crippen LogP contribution < -0.4 is 5.32 Å². The first kappa shape index (κ1) is 25.5. The van der Waals surface area contributed by atoms with Gasteiger partial charge in [-0.05, 0) is 37.7 Å². The van der Waals surface area contributed by atoms with Crippen molar-refractivity contribution < 1.29 is 18.0 Å². The number of hydrogen-bond donors (Lipinski definition) is 1. The number of rotatable bonds is 6. The minimum absolute atomic E-state index is 0. The Kier molecular flexibility index (Phi) is 10.8. The van der Waals surface area contributed by atoms with Gasteiger partial charge in [0.1, 0.15) is 13.1 Å². The van der Waals surface area contributed by atoms with Crippen molar-refractivity contribution in [3.8, 4) is 0 Å². The molecule has 0 bridgehead atoms. The van der Waals surface area contributed by atoms with Gasteiger partial charge < -0.3 is 15.1 Å². The van der Waals surface area contributed by atoms with Crippen LogP contribution >= 0.6 is 24.0 Å². The fraction of sp³-hybridized carbons (Fsp3) is 0.600. The van der Waals surface area contributed by atoms with Gasteiger partial charge in [-0.15, -0.1) is 24.0 Å². The van der Waals surface area contributed by atoms with E-state index in [1.165, 1.54) is 5.56 Å². The molecule has 1 aliphatic rings. The highest BCUT2D eigenvalue weighted by molar-refractivity contribution is 14.0. The van der Waals surface area contributed by atoms with E-state index in [1.54, 1.807) is 0 Å². The topological polar surface area (TPSA) is 47.9 Å². The number of guanidine groups is 1. The normalized spacial score (nSPS) is 15.6. The van der Waals surface area contributed by atoms with Gasteiger partial charge in [-0.25, -0.2) is 4.99 Å². The average Bonchev–Trinajstić information content (AvgIpc) is 2.65. The zero-order valence-electron chi connectivity index (χ0n) is 16.9. The molecule has 0 saturated carbocycles. The third kappa shape index (κ3) is 9.22. The molecule has 0 aliphatic carbocycles. The molecule has 0 atom stereocenters. The molecule has 0 aromatic heterocycles. The fourth-order valence-electron chi connectivity index (χ4n) is 3.34. The van der Waals surface area contributed by atoms with Crippen molar-refractivity contribution >= 4 is 35.8 Å². The van der Waals surface area contributed by atoms with Crippen molar-refractivity contribution in [3.05, 3.63) is 35.9 Å². The summed E-state index contributed by atoms with van der Waals surface area (Å²) in [6.45, 7) is 2.64. The van der Waals surface area contributed by atoms with E-state index in [1.807, 2.05) is 25.1 Å². The standard InChI is InChI=1S/C20H29F3N4O.HI/c1-3-24-19(25-14-18(28)26(2)15-20(21,22)23)27-11-9-17(10-12-27)13-16-7-5-4-6-8-16;/h4-8,17H,3,9-15H2,1-2H3,(H,24,25);1H. The molecule has 0 spiro atoms. The zero-order valence-corrected chi connectivity index (χ0v) is 19.2. The van der Waals surface area contributed by atoms with E-state index in [4.69, 9.17) is 0 Å². The first-order chi connectivity index (χ1) is 13.3. The van der Waals surface area contributed by atoms with E-state index in [0.29, 0.717) is 23.3 Å². The number of piperidine rings is 1. The summed E-state index contributed by atoms with van der Waals surface area (Å²) in [6, 6.07) is 10.4. The second kappa shape index (κ2) is 12.2. The Morgan fingerprint density at radius 1 is 1.24 bits per heavy atom. The Labute approximate surface area is 187 Å². The Bertz CT molecular complexity index is 647. The molecule has 0 unspecified atom stereocenters. The Morgan fingerprint density at radius 3 is 2.41 bits per heavy atom. The number of benzene rings is 1. The van der Waals surface area contributed by atoms with Gasteiger partial charge in [0.15, 0.2) is 5.96 Å². The Morgan fingerprint density at radius 2 is 1.86 bits per heavy atom. The molecule has 1 fully saturated rings. The molecule has 2 rings (SSSR count). The summed E-state index contributed by atoms with van der Waals surface area (Å²) < 4.78 is 37.3. The summed E-state index contributed by atoms with van der Waals surface area (Å²) in [5.74, 6) is 0.544. The SMILES string of the molecule is CCNC(=NCC(=O)N(C)CC(F)(F)F)N1CCC(Cc2ccccc2)CC1.I. The first-order valence-electron chi connectivity index (χ1n) is 9.66. The molecular formula is C20H30F3IN4O. The van der Waals surface area contributed by atoms with Crippen molar-refractivity contribution in [2.24, 2.45) is 10.9 Å². The van der Waals surface area contributed by atoms with Crippen molar-refractivity contribution in [2.45, 2.75) is 32.4 Å². The van der Waals surface area contributed by atoms with Crippen LogP contribution in [0.15, 0.2) is 35.3 Å². The largest absolute Gasteiger partial charge is 0.406 e. The molecule has 1 aliphatic heterocycles. The summed E-state index contributed by atoms with van der Waals surface area (Å²) >= 11 is 0. The second-order valence-electron chi connectivity index (χ2n) is 7.16. The maximum atomic E-state index is 12.4. The third-order valence-electron chi connectivity index (χ3n) is 4.82. The van der Waals surface area contributed by atoms with Crippen molar-refractivity contribution in [3.63, 3.8) is 0 Å². The van der Waals surface area contributed by atoms with Crippen LogP contribution in [-0.4, -0.2) is 67.6 Å². The maximum absolute atomic E-state index is 12.4. The first-order valence-corrected chi connectivity index (χ1v) is 9.66. The van der Waals surface area contributed by atoms with Gasteiger partial charge in [-0.3, -0.25) is 4.79 Å². The molecule has 9 heteroatoms. The van der Waals surface area contributed by atoms with Crippen molar-refractivity contribution in [1.29, 1.82) is 0 Å². The number of nitrogens with one attached hydrogen (secondary N) is 1. The molecule has 1 aromatic carbocycles. The lowest BCUT2D eigenvalue weighted by Gasteiger charge is -2.34. The van der Waals surface area contributed by atoms with E-state index >= 15 is 0 Å². The molecule has 1 saturated heterocycles. The van der Waals surface area contributed by atoms with Gasteiger partial charge in [-0.1, -0.05) is 30.3 Å². The van der Waals surface area contributed by atoms with Crippen LogP contribution in [0.3, 0.4) is 0 Å². The quantitative estimate of drug-likeness (QED) is 0.351. The zero-order chi connectivity index (χ0) is 20.6. The molecule has 29 heavy (non-hydrogen) atoms. The van der Waals surface area contributed by atoms with E-state index in [-0.39, 0.29) is 30.5 Å².